The molecule has 0 aliphatic rings. The molecule has 0 aromatic rings. The molecule has 0 aliphatic heterocycles. The monoisotopic (exact) mass is 269 g/mol. The highest BCUT2D eigenvalue weighted by molar-refractivity contribution is 6.14. The minimum absolute atomic E-state index is 0.955. The van der Waals surface area contributed by atoms with Crippen LogP contribution < -0.4 is 16.3 Å². The van der Waals surface area contributed by atoms with Crippen molar-refractivity contribution in [3.05, 3.63) is 0 Å². The quantitative estimate of drug-likeness (QED) is 0.213. The van der Waals surface area contributed by atoms with Crippen LogP contribution in [0, 0.1) is 0 Å². The first kappa shape index (κ1) is 16.1. The molecule has 8 nitrogen and oxygen atoms in total. The summed E-state index contributed by atoms with van der Waals surface area (Å²) in [6.07, 6.45) is -2.42. The van der Waals surface area contributed by atoms with Crippen molar-refractivity contribution < 1.29 is 24.5 Å². The van der Waals surface area contributed by atoms with E-state index in [1.807, 2.05) is 4.84 Å². The van der Waals surface area contributed by atoms with Crippen molar-refractivity contribution in [2.45, 2.75) is 37.8 Å². The van der Waals surface area contributed by atoms with Gasteiger partial charge in [0.1, 0.15) is 12.1 Å². The van der Waals surface area contributed by atoms with Gasteiger partial charge in [0.05, 0.1) is 6.10 Å². The summed E-state index contributed by atoms with van der Waals surface area (Å²) in [5.41, 5.74) is 8.29. The van der Waals surface area contributed by atoms with Crippen LogP contribution in [0.4, 0.5) is 0 Å². The Labute approximate surface area is 103 Å². The number of aliphatic hydroxyl groups excluding tert-OH is 1. The van der Waals surface area contributed by atoms with Crippen LogP contribution in [-0.2, 0) is 14.3 Å². The first-order valence-corrected chi connectivity index (χ1v) is 5.08. The molecule has 3 atom stereocenters. The number of carboxylic acid groups (broad SMARTS) is 1. The fourth-order valence-electron chi connectivity index (χ4n) is 0.852. The number of carbonyl (C=O) groups excluding carboxylic acids is 1. The smallest absolute Gasteiger partial charge is 0.342 e. The van der Waals surface area contributed by atoms with E-state index < -0.39 is 35.9 Å². The normalized spacial score (nSPS) is 17.1. The summed E-state index contributed by atoms with van der Waals surface area (Å²) in [7, 11) is 0. The Morgan fingerprint density at radius 1 is 1.41 bits per heavy atom. The average molecular weight is 270 g/mol. The molecular weight excluding hydrogens is 254 g/mol. The van der Waals surface area contributed by atoms with Crippen LogP contribution >= 0.6 is 11.8 Å². The molecule has 0 bridgehead atoms. The lowest BCUT2D eigenvalue weighted by Gasteiger charge is -2.28. The molecule has 7 N–H and O–H groups in total. The van der Waals surface area contributed by atoms with Crippen molar-refractivity contribution in [3.63, 3.8) is 0 Å². The Kier molecular flexibility index (Phi) is 5.79. The van der Waals surface area contributed by atoms with Crippen LogP contribution in [-0.4, -0.2) is 46.1 Å². The summed E-state index contributed by atoms with van der Waals surface area (Å²) in [6, 6.07) is -1.20. The van der Waals surface area contributed by atoms with Crippen molar-refractivity contribution >= 4 is 23.7 Å². The Morgan fingerprint density at radius 2 is 1.88 bits per heavy atom. The number of carbonyl (C=O) groups is 2. The maximum atomic E-state index is 11.5. The number of aliphatic hydroxyl groups is 1. The molecule has 100 valence electrons. The predicted octanol–water partition coefficient (Wildman–Crippen LogP) is -1.89. The summed E-state index contributed by atoms with van der Waals surface area (Å²) >= 11 is 5.23. The zero-order chi connectivity index (χ0) is 13.8. The van der Waals surface area contributed by atoms with E-state index in [-0.39, 0.29) is 0 Å². The Bertz CT molecular complexity index is 297. The maximum absolute atomic E-state index is 11.5. The molecule has 0 fully saturated rings. The second-order valence-corrected chi connectivity index (χ2v) is 3.86. The second-order valence-electron chi connectivity index (χ2n) is 3.64. The largest absolute Gasteiger partial charge is 0.479 e. The van der Waals surface area contributed by atoms with Gasteiger partial charge in [-0.15, -0.1) is 0 Å². The lowest BCUT2D eigenvalue weighted by Crippen LogP contribution is -2.65. The van der Waals surface area contributed by atoms with Gasteiger partial charge in [0.15, 0.2) is 0 Å². The topological polar surface area (TPSA) is 148 Å². The molecule has 0 heterocycles. The van der Waals surface area contributed by atoms with E-state index in [9.17, 15) is 14.7 Å². The molecule has 0 radical (unpaired) electrons. The highest BCUT2D eigenvalue weighted by atomic mass is 35.5. The number of ether oxygens (including phenoxy) is 1. The number of nitrogens with two attached hydrogens (primary N) is 2. The molecule has 0 saturated carbocycles. The van der Waals surface area contributed by atoms with E-state index in [2.05, 4.69) is 0 Å². The number of esters is 1. The average Bonchev–Trinajstić information content (AvgIpc) is 2.17. The van der Waals surface area contributed by atoms with Gasteiger partial charge in [-0.05, 0) is 25.6 Å². The van der Waals surface area contributed by atoms with E-state index in [1.54, 1.807) is 0 Å². The predicted molar refractivity (Wildman–Crippen MR) is 58.8 cm³/mol. The Morgan fingerprint density at radius 3 is 2.18 bits per heavy atom. The zero-order valence-electron chi connectivity index (χ0n) is 9.38. The summed E-state index contributed by atoms with van der Waals surface area (Å²) in [5, 5.41) is 17.9. The van der Waals surface area contributed by atoms with E-state index in [0.717, 1.165) is 0 Å². The summed E-state index contributed by atoms with van der Waals surface area (Å²) in [5.74, 6) is -2.48. The molecule has 0 saturated heterocycles. The molecule has 1 unspecified atom stereocenters. The first-order chi connectivity index (χ1) is 7.64. The molecule has 0 amide bonds. The van der Waals surface area contributed by atoms with E-state index in [1.165, 1.54) is 13.8 Å². The van der Waals surface area contributed by atoms with Gasteiger partial charge in [0.2, 0.25) is 5.66 Å². The highest BCUT2D eigenvalue weighted by Crippen LogP contribution is 2.08. The summed E-state index contributed by atoms with van der Waals surface area (Å²) in [4.78, 5) is 24.2. The number of hydrogen-bond acceptors (Lipinski definition) is 7. The van der Waals surface area contributed by atoms with Crippen LogP contribution in [0.3, 0.4) is 0 Å². The number of rotatable bonds is 6. The lowest BCUT2D eigenvalue weighted by atomic mass is 10.1. The van der Waals surface area contributed by atoms with Gasteiger partial charge < -0.3 is 26.4 Å². The number of nitrogens with one attached hydrogen (secondary N) is 1. The fraction of sp³-hybridized carbons (Fsp3) is 0.750. The van der Waals surface area contributed by atoms with Crippen molar-refractivity contribution in [1.29, 1.82) is 0 Å². The maximum Gasteiger partial charge on any atom is 0.342 e. The SMILES string of the molecule is CC(OC(=O)[C@@H](NCl)[C@@H](C)O)C(N)(N)C(=O)O. The molecule has 9 heteroatoms. The fourth-order valence-corrected chi connectivity index (χ4v) is 1.12. The summed E-state index contributed by atoms with van der Waals surface area (Å²) in [6.45, 7) is 2.53. The standard InChI is InChI=1S/C8H16ClN3O5/c1-3(13)5(12-9)6(14)17-4(2)8(10,11)7(15)16/h3-5,12-13H,10-11H2,1-2H3,(H,15,16)/t3-,4?,5+/m1/s1. The van der Waals surface area contributed by atoms with E-state index >= 15 is 0 Å². The van der Waals surface area contributed by atoms with Gasteiger partial charge in [0.25, 0.3) is 0 Å². The highest BCUT2D eigenvalue weighted by Gasteiger charge is 2.40. The van der Waals surface area contributed by atoms with Gasteiger partial charge >= 0.3 is 11.9 Å². The molecule has 17 heavy (non-hydrogen) atoms. The Hall–Kier alpha value is -0.930. The van der Waals surface area contributed by atoms with Crippen LogP contribution in [0.5, 0.6) is 0 Å². The molecule has 0 aromatic carbocycles. The third-order valence-corrected chi connectivity index (χ3v) is 2.43. The number of halogens is 1. The molecule has 0 spiro atoms. The third-order valence-electron chi connectivity index (χ3n) is 2.19. The van der Waals surface area contributed by atoms with Crippen molar-refractivity contribution in [2.24, 2.45) is 11.5 Å². The zero-order valence-corrected chi connectivity index (χ0v) is 10.1. The van der Waals surface area contributed by atoms with E-state index in [4.69, 9.17) is 33.1 Å². The number of carboxylic acids is 1. The van der Waals surface area contributed by atoms with Crippen molar-refractivity contribution in [1.82, 2.24) is 4.84 Å². The van der Waals surface area contributed by atoms with Crippen molar-refractivity contribution in [3.8, 4) is 0 Å². The molecule has 0 rings (SSSR count). The lowest BCUT2D eigenvalue weighted by molar-refractivity contribution is -0.162. The molecule has 0 aromatic heterocycles. The van der Waals surface area contributed by atoms with Gasteiger partial charge in [-0.1, -0.05) is 0 Å². The Balaban J connectivity index is 4.64. The number of hydrogen-bond donors (Lipinski definition) is 5. The van der Waals surface area contributed by atoms with Crippen LogP contribution in [0.1, 0.15) is 13.8 Å². The first-order valence-electron chi connectivity index (χ1n) is 4.70. The third kappa shape index (κ3) is 4.10. The van der Waals surface area contributed by atoms with Gasteiger partial charge in [-0.3, -0.25) is 4.79 Å². The second kappa shape index (κ2) is 6.12. The van der Waals surface area contributed by atoms with Crippen LogP contribution in [0.15, 0.2) is 0 Å². The van der Waals surface area contributed by atoms with Crippen molar-refractivity contribution in [2.75, 3.05) is 0 Å². The summed E-state index contributed by atoms with van der Waals surface area (Å²) < 4.78 is 4.71. The van der Waals surface area contributed by atoms with Gasteiger partial charge in [-0.25, -0.2) is 9.63 Å². The number of aliphatic carboxylic acids is 1. The van der Waals surface area contributed by atoms with Gasteiger partial charge in [-0.2, -0.15) is 0 Å². The van der Waals surface area contributed by atoms with Crippen LogP contribution in [0.25, 0.3) is 0 Å². The molecular formula is C8H16ClN3O5. The minimum Gasteiger partial charge on any atom is -0.479 e. The van der Waals surface area contributed by atoms with Crippen LogP contribution in [0.2, 0.25) is 0 Å². The molecule has 0 aliphatic carbocycles. The van der Waals surface area contributed by atoms with E-state index in [0.29, 0.717) is 0 Å². The van der Waals surface area contributed by atoms with Gasteiger partial charge in [0, 0.05) is 0 Å². The minimum atomic E-state index is -2.22.